The number of carbonyl (C=O) groups is 2. The van der Waals surface area contributed by atoms with E-state index in [1.165, 1.54) is 0 Å². The Kier molecular flexibility index (Phi) is 5.55. The van der Waals surface area contributed by atoms with Gasteiger partial charge in [-0.3, -0.25) is 4.79 Å². The van der Waals surface area contributed by atoms with Crippen LogP contribution in [-0.4, -0.2) is 53.8 Å². The topological polar surface area (TPSA) is 67.9 Å². The third-order valence-corrected chi connectivity index (χ3v) is 4.29. The van der Waals surface area contributed by atoms with E-state index in [-0.39, 0.29) is 18.6 Å². The minimum Gasteiger partial charge on any atom is -0.444 e. The molecule has 6 nitrogen and oxygen atoms in total. The number of hydrogen-bond acceptors (Lipinski definition) is 4. The van der Waals surface area contributed by atoms with Gasteiger partial charge in [-0.1, -0.05) is 6.92 Å². The highest BCUT2D eigenvalue weighted by molar-refractivity contribution is 5.77. The predicted octanol–water partition coefficient (Wildman–Crippen LogP) is 2.46. The van der Waals surface area contributed by atoms with Crippen molar-refractivity contribution in [2.75, 3.05) is 19.7 Å². The van der Waals surface area contributed by atoms with Gasteiger partial charge in [-0.2, -0.15) is 0 Å². The van der Waals surface area contributed by atoms with Crippen molar-refractivity contribution < 1.29 is 19.1 Å². The minimum atomic E-state index is -0.506. The first-order valence-corrected chi connectivity index (χ1v) is 8.64. The molecule has 1 atom stereocenters. The van der Waals surface area contributed by atoms with Gasteiger partial charge in [-0.15, -0.1) is 0 Å². The molecule has 6 heteroatoms. The zero-order valence-electron chi connectivity index (χ0n) is 14.8. The monoisotopic (exact) mass is 326 g/mol. The van der Waals surface area contributed by atoms with Gasteiger partial charge in [-0.05, 0) is 52.9 Å². The van der Waals surface area contributed by atoms with Crippen LogP contribution in [-0.2, 0) is 14.3 Å². The number of nitrogens with one attached hydrogen (secondary N) is 1. The molecule has 0 aromatic rings. The number of rotatable bonds is 5. The Morgan fingerprint density at radius 2 is 2.00 bits per heavy atom. The van der Waals surface area contributed by atoms with Crippen molar-refractivity contribution in [1.29, 1.82) is 0 Å². The van der Waals surface area contributed by atoms with Crippen LogP contribution >= 0.6 is 0 Å². The summed E-state index contributed by atoms with van der Waals surface area (Å²) >= 11 is 0. The highest BCUT2D eigenvalue weighted by atomic mass is 16.6. The molecule has 1 N–H and O–H groups in total. The van der Waals surface area contributed by atoms with Gasteiger partial charge in [-0.25, -0.2) is 4.79 Å². The molecule has 2 rings (SSSR count). The number of ether oxygens (including phenoxy) is 2. The number of hydrogen-bond donors (Lipinski definition) is 1. The molecule has 1 heterocycles. The Hall–Kier alpha value is -1.30. The maximum Gasteiger partial charge on any atom is 0.410 e. The summed E-state index contributed by atoms with van der Waals surface area (Å²) in [7, 11) is 0. The van der Waals surface area contributed by atoms with E-state index in [0.717, 1.165) is 32.1 Å². The standard InChI is InChI=1S/C17H30N2O4/c1-5-17(22-11-14(20)18-13-7-8-13)9-6-10-19(12-17)15(21)23-16(2,3)4/h13H,5-12H2,1-4H3,(H,18,20). The Morgan fingerprint density at radius 3 is 2.57 bits per heavy atom. The van der Waals surface area contributed by atoms with Crippen LogP contribution in [0.4, 0.5) is 4.79 Å². The van der Waals surface area contributed by atoms with Crippen LogP contribution in [0.5, 0.6) is 0 Å². The Labute approximate surface area is 138 Å². The number of piperidine rings is 1. The second-order valence-electron chi connectivity index (χ2n) is 7.67. The fraction of sp³-hybridized carbons (Fsp3) is 0.882. The van der Waals surface area contributed by atoms with Crippen LogP contribution in [0.3, 0.4) is 0 Å². The maximum absolute atomic E-state index is 12.3. The van der Waals surface area contributed by atoms with Crippen LogP contribution in [0.2, 0.25) is 0 Å². The van der Waals surface area contributed by atoms with Crippen LogP contribution < -0.4 is 5.32 Å². The van der Waals surface area contributed by atoms with Gasteiger partial charge < -0.3 is 19.7 Å². The summed E-state index contributed by atoms with van der Waals surface area (Å²) < 4.78 is 11.4. The molecule has 2 fully saturated rings. The van der Waals surface area contributed by atoms with Crippen molar-refractivity contribution in [1.82, 2.24) is 10.2 Å². The van der Waals surface area contributed by atoms with E-state index in [1.807, 2.05) is 27.7 Å². The summed E-state index contributed by atoms with van der Waals surface area (Å²) in [6, 6.07) is 0.341. The van der Waals surface area contributed by atoms with E-state index in [9.17, 15) is 9.59 Å². The normalized spacial score (nSPS) is 25.1. The SMILES string of the molecule is CCC1(OCC(=O)NC2CC2)CCCN(C(=O)OC(C)(C)C)C1. The molecule has 1 aliphatic heterocycles. The number of carbonyl (C=O) groups excluding carboxylic acids is 2. The van der Waals surface area contributed by atoms with Gasteiger partial charge in [0, 0.05) is 12.6 Å². The van der Waals surface area contributed by atoms with E-state index in [2.05, 4.69) is 5.32 Å². The molecule has 132 valence electrons. The highest BCUT2D eigenvalue weighted by Gasteiger charge is 2.38. The van der Waals surface area contributed by atoms with Crippen molar-refractivity contribution in [3.05, 3.63) is 0 Å². The van der Waals surface area contributed by atoms with E-state index in [4.69, 9.17) is 9.47 Å². The van der Waals surface area contributed by atoms with Crippen LogP contribution in [0.15, 0.2) is 0 Å². The van der Waals surface area contributed by atoms with Gasteiger partial charge >= 0.3 is 6.09 Å². The first kappa shape index (κ1) is 18.0. The van der Waals surface area contributed by atoms with Crippen LogP contribution in [0.25, 0.3) is 0 Å². The molecule has 0 bridgehead atoms. The second-order valence-corrected chi connectivity index (χ2v) is 7.67. The van der Waals surface area contributed by atoms with Crippen LogP contribution in [0.1, 0.15) is 59.8 Å². The molecule has 1 saturated carbocycles. The average Bonchev–Trinajstić information content (AvgIpc) is 3.27. The van der Waals surface area contributed by atoms with E-state index < -0.39 is 11.2 Å². The summed E-state index contributed by atoms with van der Waals surface area (Å²) in [6.07, 6.45) is 4.31. The summed E-state index contributed by atoms with van der Waals surface area (Å²) in [5.41, 5.74) is -0.954. The lowest BCUT2D eigenvalue weighted by atomic mass is 9.90. The molecular formula is C17H30N2O4. The quantitative estimate of drug-likeness (QED) is 0.843. The predicted molar refractivity (Wildman–Crippen MR) is 87.2 cm³/mol. The largest absolute Gasteiger partial charge is 0.444 e. The lowest BCUT2D eigenvalue weighted by Crippen LogP contribution is -2.53. The van der Waals surface area contributed by atoms with Crippen molar-refractivity contribution >= 4 is 12.0 Å². The van der Waals surface area contributed by atoms with Gasteiger partial charge in [0.25, 0.3) is 0 Å². The first-order valence-electron chi connectivity index (χ1n) is 8.64. The van der Waals surface area contributed by atoms with Gasteiger partial charge in [0.1, 0.15) is 12.2 Å². The summed E-state index contributed by atoms with van der Waals surface area (Å²) in [6.45, 7) is 8.84. The number of amides is 2. The molecule has 0 aromatic carbocycles. The summed E-state index contributed by atoms with van der Waals surface area (Å²) in [4.78, 5) is 25.8. The fourth-order valence-corrected chi connectivity index (χ4v) is 2.80. The molecular weight excluding hydrogens is 296 g/mol. The molecule has 1 unspecified atom stereocenters. The maximum atomic E-state index is 12.3. The molecule has 0 spiro atoms. The average molecular weight is 326 g/mol. The molecule has 1 saturated heterocycles. The molecule has 1 aliphatic carbocycles. The van der Waals surface area contributed by atoms with Crippen LogP contribution in [0, 0.1) is 0 Å². The summed E-state index contributed by atoms with van der Waals surface area (Å²) in [5.74, 6) is -0.0604. The van der Waals surface area contributed by atoms with Crippen molar-refractivity contribution in [2.24, 2.45) is 0 Å². The Bertz CT molecular complexity index is 442. The molecule has 2 amide bonds. The second kappa shape index (κ2) is 7.07. The minimum absolute atomic E-state index is 0.0604. The van der Waals surface area contributed by atoms with E-state index >= 15 is 0 Å². The van der Waals surface area contributed by atoms with Gasteiger partial charge in [0.15, 0.2) is 0 Å². The van der Waals surface area contributed by atoms with Gasteiger partial charge in [0.2, 0.25) is 5.91 Å². The third kappa shape index (κ3) is 5.68. The van der Waals surface area contributed by atoms with Crippen molar-refractivity contribution in [3.63, 3.8) is 0 Å². The fourth-order valence-electron chi connectivity index (χ4n) is 2.80. The van der Waals surface area contributed by atoms with E-state index in [0.29, 0.717) is 19.1 Å². The zero-order chi connectivity index (χ0) is 17.1. The van der Waals surface area contributed by atoms with Crippen molar-refractivity contribution in [3.8, 4) is 0 Å². The first-order chi connectivity index (χ1) is 10.7. The van der Waals surface area contributed by atoms with Gasteiger partial charge in [0.05, 0.1) is 12.1 Å². The highest BCUT2D eigenvalue weighted by Crippen LogP contribution is 2.29. The van der Waals surface area contributed by atoms with Crippen molar-refractivity contribution in [2.45, 2.75) is 77.0 Å². The smallest absolute Gasteiger partial charge is 0.410 e. The molecule has 23 heavy (non-hydrogen) atoms. The number of likely N-dealkylation sites (tertiary alicyclic amines) is 1. The lowest BCUT2D eigenvalue weighted by molar-refractivity contribution is -0.139. The molecule has 0 radical (unpaired) electrons. The number of nitrogens with zero attached hydrogens (tertiary/aromatic N) is 1. The Morgan fingerprint density at radius 1 is 1.30 bits per heavy atom. The molecule has 0 aromatic heterocycles. The zero-order valence-corrected chi connectivity index (χ0v) is 14.8. The third-order valence-electron chi connectivity index (χ3n) is 4.29. The van der Waals surface area contributed by atoms with E-state index in [1.54, 1.807) is 4.90 Å². The lowest BCUT2D eigenvalue weighted by Gasteiger charge is -2.42. The summed E-state index contributed by atoms with van der Waals surface area (Å²) in [5, 5.41) is 2.93. The Balaban J connectivity index is 1.89. The molecule has 2 aliphatic rings.